The van der Waals surface area contributed by atoms with Crippen molar-refractivity contribution in [3.63, 3.8) is 0 Å². The highest BCUT2D eigenvalue weighted by atomic mass is 35.5. The Kier molecular flexibility index (Phi) is 11.3. The first-order valence-electron chi connectivity index (χ1n) is 11.1. The number of ether oxygens (including phenoxy) is 1. The van der Waals surface area contributed by atoms with Crippen LogP contribution >= 0.6 is 35.6 Å². The number of nitrogens with two attached hydrogens (primary N) is 1. The number of amides is 2. The lowest BCUT2D eigenvalue weighted by Gasteiger charge is -2.26. The Labute approximate surface area is 226 Å². The lowest BCUT2D eigenvalue weighted by atomic mass is 10.1. The number of aromatic hydroxyl groups is 1. The molecule has 0 aliphatic carbocycles. The Morgan fingerprint density at radius 2 is 1.58 bits per heavy atom. The summed E-state index contributed by atoms with van der Waals surface area (Å²) in [5, 5.41) is 13.1. The van der Waals surface area contributed by atoms with Gasteiger partial charge in [0.05, 0.1) is 17.2 Å². The Balaban J connectivity index is 0.00000456. The fraction of sp³-hybridized carbons (Fsp3) is 0.231. The van der Waals surface area contributed by atoms with Gasteiger partial charge in [-0.05, 0) is 56.6 Å². The van der Waals surface area contributed by atoms with Crippen molar-refractivity contribution in [1.82, 2.24) is 5.32 Å². The second kappa shape index (κ2) is 13.9. The molecule has 0 bridgehead atoms. The van der Waals surface area contributed by atoms with Gasteiger partial charge >= 0.3 is 0 Å². The van der Waals surface area contributed by atoms with E-state index < -0.39 is 17.7 Å². The van der Waals surface area contributed by atoms with Crippen LogP contribution in [0.25, 0.3) is 0 Å². The van der Waals surface area contributed by atoms with Crippen LogP contribution in [0.4, 0.5) is 11.4 Å². The zero-order valence-electron chi connectivity index (χ0n) is 19.6. The Hall–Kier alpha value is -2.97. The number of unbranched alkanes of at least 4 members (excludes halogenated alkanes) is 1. The van der Waals surface area contributed by atoms with Gasteiger partial charge in [-0.2, -0.15) is 0 Å². The third kappa shape index (κ3) is 7.04. The number of nitrogens with one attached hydrogen (secondary N) is 1. The van der Waals surface area contributed by atoms with E-state index in [0.717, 1.165) is 6.42 Å². The number of carbonyl (C=O) groups is 2. The highest BCUT2D eigenvalue weighted by Gasteiger charge is 2.27. The molecule has 0 spiro atoms. The summed E-state index contributed by atoms with van der Waals surface area (Å²) < 4.78 is 5.56. The molecule has 0 aliphatic heterocycles. The summed E-state index contributed by atoms with van der Waals surface area (Å²) in [6.45, 7) is 2.40. The summed E-state index contributed by atoms with van der Waals surface area (Å²) >= 11 is 12.5. The van der Waals surface area contributed by atoms with E-state index in [4.69, 9.17) is 33.7 Å². The minimum atomic E-state index is -0.938. The largest absolute Gasteiger partial charge is 0.505 e. The number of rotatable bonds is 10. The second-order valence-corrected chi connectivity index (χ2v) is 8.57. The normalized spacial score (nSPS) is 11.2. The van der Waals surface area contributed by atoms with E-state index in [9.17, 15) is 14.7 Å². The maximum atomic E-state index is 13.4. The number of para-hydroxylation sites is 2. The Morgan fingerprint density at radius 1 is 1.03 bits per heavy atom. The van der Waals surface area contributed by atoms with Crippen molar-refractivity contribution in [3.05, 3.63) is 82.3 Å². The van der Waals surface area contributed by atoms with E-state index in [1.807, 2.05) is 36.4 Å². The first-order chi connectivity index (χ1) is 16.8. The fourth-order valence-corrected chi connectivity index (χ4v) is 3.97. The summed E-state index contributed by atoms with van der Waals surface area (Å²) in [7, 11) is 0. The van der Waals surface area contributed by atoms with Crippen LogP contribution in [0.5, 0.6) is 11.5 Å². The van der Waals surface area contributed by atoms with Gasteiger partial charge in [0.25, 0.3) is 11.8 Å². The predicted octanol–water partition coefficient (Wildman–Crippen LogP) is 5.72. The molecule has 36 heavy (non-hydrogen) atoms. The van der Waals surface area contributed by atoms with Gasteiger partial charge in [-0.3, -0.25) is 14.5 Å². The zero-order valence-corrected chi connectivity index (χ0v) is 21.9. The molecule has 0 unspecified atom stereocenters. The van der Waals surface area contributed by atoms with Crippen LogP contribution in [-0.4, -0.2) is 36.1 Å². The summed E-state index contributed by atoms with van der Waals surface area (Å²) in [5.41, 5.74) is 6.60. The maximum Gasteiger partial charge on any atom is 0.255 e. The van der Waals surface area contributed by atoms with E-state index in [1.54, 1.807) is 31.2 Å². The van der Waals surface area contributed by atoms with Crippen molar-refractivity contribution in [2.24, 2.45) is 5.73 Å². The maximum absolute atomic E-state index is 13.4. The molecule has 192 valence electrons. The molecule has 7 nitrogen and oxygen atoms in total. The van der Waals surface area contributed by atoms with Crippen molar-refractivity contribution in [3.8, 4) is 11.5 Å². The van der Waals surface area contributed by atoms with Gasteiger partial charge in [0.1, 0.15) is 11.1 Å². The number of carbonyl (C=O) groups excluding carboxylic acids is 2. The third-order valence-electron chi connectivity index (χ3n) is 5.21. The minimum absolute atomic E-state index is 0. The number of nitrogens with zero attached hydrogens (tertiary/aromatic N) is 1. The molecule has 1 atom stereocenters. The van der Waals surface area contributed by atoms with Gasteiger partial charge in [-0.15, -0.1) is 12.4 Å². The number of halogens is 3. The summed E-state index contributed by atoms with van der Waals surface area (Å²) in [4.78, 5) is 27.9. The van der Waals surface area contributed by atoms with Crippen molar-refractivity contribution in [2.45, 2.75) is 25.8 Å². The van der Waals surface area contributed by atoms with E-state index in [-0.39, 0.29) is 39.7 Å². The first-order valence-corrected chi connectivity index (χ1v) is 11.9. The molecule has 4 N–H and O–H groups in total. The molecule has 2 amide bonds. The van der Waals surface area contributed by atoms with Crippen molar-refractivity contribution >= 4 is 58.8 Å². The number of benzene rings is 3. The highest BCUT2D eigenvalue weighted by Crippen LogP contribution is 2.42. The predicted molar refractivity (Wildman–Crippen MR) is 146 cm³/mol. The number of hydrogen-bond donors (Lipinski definition) is 3. The number of hydrogen-bond acceptors (Lipinski definition) is 5. The fourth-order valence-electron chi connectivity index (χ4n) is 3.40. The summed E-state index contributed by atoms with van der Waals surface area (Å²) in [5.74, 6) is -1.47. The topological polar surface area (TPSA) is 105 Å². The third-order valence-corrected chi connectivity index (χ3v) is 5.84. The molecular weight excluding hydrogens is 525 g/mol. The molecule has 0 aromatic heterocycles. The van der Waals surface area contributed by atoms with Gasteiger partial charge < -0.3 is 20.9 Å². The average molecular weight is 553 g/mol. The SMILES string of the molecule is C[C@H](NC(=O)c1cc(Cl)c(OCCCCN)c(Cl)c1O)C(=O)N(c1ccccc1)c1ccccc1.Cl. The molecule has 0 fully saturated rings. The molecule has 0 saturated heterocycles. The Morgan fingerprint density at radius 3 is 2.11 bits per heavy atom. The lowest BCUT2D eigenvalue weighted by Crippen LogP contribution is -2.45. The van der Waals surface area contributed by atoms with Crippen LogP contribution in [0, 0.1) is 0 Å². The number of phenols is 1. The van der Waals surface area contributed by atoms with Crippen LogP contribution < -0.4 is 20.7 Å². The minimum Gasteiger partial charge on any atom is -0.505 e. The van der Waals surface area contributed by atoms with Gasteiger partial charge in [0.15, 0.2) is 11.5 Å². The molecule has 0 heterocycles. The molecule has 0 saturated carbocycles. The van der Waals surface area contributed by atoms with Crippen molar-refractivity contribution in [2.75, 3.05) is 18.1 Å². The summed E-state index contributed by atoms with van der Waals surface area (Å²) in [6.07, 6.45) is 1.45. The van der Waals surface area contributed by atoms with E-state index >= 15 is 0 Å². The molecule has 3 rings (SSSR count). The number of anilines is 2. The smallest absolute Gasteiger partial charge is 0.255 e. The zero-order chi connectivity index (χ0) is 25.4. The number of phenolic OH excluding ortho intramolecular Hbond substituents is 1. The van der Waals surface area contributed by atoms with Crippen LogP contribution in [-0.2, 0) is 4.79 Å². The first kappa shape index (κ1) is 29.3. The van der Waals surface area contributed by atoms with Gasteiger partial charge in [0.2, 0.25) is 0 Å². The van der Waals surface area contributed by atoms with Crippen LogP contribution in [0.3, 0.4) is 0 Å². The second-order valence-electron chi connectivity index (χ2n) is 7.78. The van der Waals surface area contributed by atoms with Gasteiger partial charge in [-0.1, -0.05) is 59.6 Å². The average Bonchev–Trinajstić information content (AvgIpc) is 2.87. The molecular formula is C26H28Cl3N3O4. The Bertz CT molecular complexity index is 1120. The standard InChI is InChI=1S/C26H27Cl2N3O4.ClH/c1-17(26(34)31(18-10-4-2-5-11-18)19-12-6-3-7-13-19)30-25(33)20-16-21(27)24(22(28)23(20)32)35-15-9-8-14-29;/h2-7,10-13,16-17,32H,8-9,14-15,29H2,1H3,(H,30,33);1H/t17-;/m0./s1. The van der Waals surface area contributed by atoms with Crippen LogP contribution in [0.1, 0.15) is 30.1 Å². The summed E-state index contributed by atoms with van der Waals surface area (Å²) in [6, 6.07) is 18.5. The van der Waals surface area contributed by atoms with E-state index in [0.29, 0.717) is 30.9 Å². The molecule has 3 aromatic rings. The van der Waals surface area contributed by atoms with Gasteiger partial charge in [0, 0.05) is 11.4 Å². The molecule has 0 aliphatic rings. The van der Waals surface area contributed by atoms with Gasteiger partial charge in [-0.25, -0.2) is 0 Å². The van der Waals surface area contributed by atoms with Crippen LogP contribution in [0.2, 0.25) is 10.0 Å². The van der Waals surface area contributed by atoms with Crippen molar-refractivity contribution in [1.29, 1.82) is 0 Å². The molecule has 0 radical (unpaired) electrons. The van der Waals surface area contributed by atoms with E-state index in [1.165, 1.54) is 11.0 Å². The highest BCUT2D eigenvalue weighted by molar-refractivity contribution is 6.39. The molecule has 3 aromatic carbocycles. The van der Waals surface area contributed by atoms with Crippen LogP contribution in [0.15, 0.2) is 66.7 Å². The quantitative estimate of drug-likeness (QED) is 0.279. The monoisotopic (exact) mass is 551 g/mol. The lowest BCUT2D eigenvalue weighted by molar-refractivity contribution is -0.119. The van der Waals surface area contributed by atoms with E-state index in [2.05, 4.69) is 5.32 Å². The van der Waals surface area contributed by atoms with Crippen molar-refractivity contribution < 1.29 is 19.4 Å². The molecule has 10 heteroatoms.